The second kappa shape index (κ2) is 9.49. The minimum absolute atomic E-state index is 0.193. The Balaban J connectivity index is 1.99. The van der Waals surface area contributed by atoms with Crippen LogP contribution in [0.3, 0.4) is 0 Å². The Bertz CT molecular complexity index is 705. The van der Waals surface area contributed by atoms with Crippen LogP contribution in [-0.2, 0) is 4.74 Å². The first-order valence-corrected chi connectivity index (χ1v) is 10.6. The molecular formula is C24H38N2O2. The van der Waals surface area contributed by atoms with Gasteiger partial charge in [0.05, 0.1) is 0 Å². The molecule has 1 amide bonds. The van der Waals surface area contributed by atoms with Crippen molar-refractivity contribution in [3.05, 3.63) is 46.2 Å². The molecule has 2 rings (SSSR count). The molecule has 0 bridgehead atoms. The van der Waals surface area contributed by atoms with Crippen LogP contribution in [0.25, 0.3) is 0 Å². The van der Waals surface area contributed by atoms with Gasteiger partial charge in [0.2, 0.25) is 0 Å². The lowest BCUT2D eigenvalue weighted by atomic mass is 9.91. The van der Waals surface area contributed by atoms with Crippen molar-refractivity contribution in [3.8, 4) is 0 Å². The molecule has 0 aromatic carbocycles. The zero-order valence-electron chi connectivity index (χ0n) is 18.6. The molecule has 0 fully saturated rings. The van der Waals surface area contributed by atoms with E-state index in [0.29, 0.717) is 5.92 Å². The molecule has 1 atom stereocenters. The standard InChI is InChI=1S/C24H38N2O2/c1-17-14-20(8-7-13-26(16-17)23(27)28-24(4,5)6)10-12-22-18(2)9-11-21(25)15-19(22)3/h11,14-15,17H,7-10,12-13,16,25H2,1-6H3/b20-14+. The van der Waals surface area contributed by atoms with Gasteiger partial charge < -0.3 is 15.4 Å². The fourth-order valence-corrected chi connectivity index (χ4v) is 4.00. The van der Waals surface area contributed by atoms with Gasteiger partial charge in [0.25, 0.3) is 0 Å². The second-order valence-electron chi connectivity index (χ2n) is 9.33. The number of carbonyl (C=O) groups is 1. The summed E-state index contributed by atoms with van der Waals surface area (Å²) in [5, 5.41) is 0. The van der Waals surface area contributed by atoms with Gasteiger partial charge in [-0.1, -0.05) is 30.2 Å². The van der Waals surface area contributed by atoms with E-state index in [4.69, 9.17) is 10.5 Å². The van der Waals surface area contributed by atoms with E-state index < -0.39 is 5.60 Å². The van der Waals surface area contributed by atoms with Crippen LogP contribution in [-0.4, -0.2) is 29.7 Å². The molecule has 4 nitrogen and oxygen atoms in total. The number of allylic oxidation sites excluding steroid dienone is 6. The third kappa shape index (κ3) is 6.88. The lowest BCUT2D eigenvalue weighted by Gasteiger charge is -2.30. The average molecular weight is 387 g/mol. The van der Waals surface area contributed by atoms with Crippen molar-refractivity contribution < 1.29 is 9.53 Å². The zero-order chi connectivity index (χ0) is 20.9. The molecule has 0 aromatic heterocycles. The van der Waals surface area contributed by atoms with Gasteiger partial charge in [-0.05, 0) is 89.9 Å². The van der Waals surface area contributed by atoms with Crippen molar-refractivity contribution in [3.63, 3.8) is 0 Å². The molecule has 28 heavy (non-hydrogen) atoms. The van der Waals surface area contributed by atoms with E-state index in [1.54, 1.807) is 0 Å². The van der Waals surface area contributed by atoms with Crippen LogP contribution in [0.5, 0.6) is 0 Å². The van der Waals surface area contributed by atoms with Gasteiger partial charge in [-0.3, -0.25) is 0 Å². The molecule has 0 radical (unpaired) electrons. The molecule has 156 valence electrons. The first-order chi connectivity index (χ1) is 13.0. The number of amides is 1. The zero-order valence-corrected chi connectivity index (χ0v) is 18.6. The van der Waals surface area contributed by atoms with Crippen LogP contribution in [0.15, 0.2) is 46.2 Å². The summed E-state index contributed by atoms with van der Waals surface area (Å²) in [5.41, 5.74) is 12.1. The number of nitrogens with two attached hydrogens (primary N) is 1. The summed E-state index contributed by atoms with van der Waals surface area (Å²) in [7, 11) is 0. The van der Waals surface area contributed by atoms with E-state index in [1.807, 2.05) is 25.7 Å². The predicted octanol–water partition coefficient (Wildman–Crippen LogP) is 5.87. The SMILES string of the molecule is CC1=CC(N)=CCC(C)=C1CC/C1=C/C(C)CN(C(=O)OC(C)(C)C)CCC1. The minimum atomic E-state index is -0.447. The molecule has 0 aromatic rings. The largest absolute Gasteiger partial charge is 0.444 e. The van der Waals surface area contributed by atoms with Gasteiger partial charge in [-0.15, -0.1) is 0 Å². The van der Waals surface area contributed by atoms with Crippen LogP contribution < -0.4 is 5.73 Å². The first-order valence-electron chi connectivity index (χ1n) is 10.6. The Morgan fingerprint density at radius 2 is 2.00 bits per heavy atom. The maximum absolute atomic E-state index is 12.4. The summed E-state index contributed by atoms with van der Waals surface area (Å²) in [5.74, 6) is 0.334. The molecule has 1 heterocycles. The average Bonchev–Trinajstić information content (AvgIpc) is 2.66. The third-order valence-corrected chi connectivity index (χ3v) is 5.32. The van der Waals surface area contributed by atoms with Crippen LogP contribution in [0, 0.1) is 5.92 Å². The highest BCUT2D eigenvalue weighted by molar-refractivity contribution is 5.68. The fourth-order valence-electron chi connectivity index (χ4n) is 4.00. The summed E-state index contributed by atoms with van der Waals surface area (Å²) in [4.78, 5) is 14.3. The van der Waals surface area contributed by atoms with Crippen molar-refractivity contribution in [1.82, 2.24) is 4.90 Å². The smallest absolute Gasteiger partial charge is 0.410 e. The van der Waals surface area contributed by atoms with Crippen LogP contribution in [0.1, 0.15) is 73.6 Å². The van der Waals surface area contributed by atoms with Crippen molar-refractivity contribution in [2.45, 2.75) is 79.2 Å². The summed E-state index contributed by atoms with van der Waals surface area (Å²) >= 11 is 0. The summed E-state index contributed by atoms with van der Waals surface area (Å²) in [6, 6.07) is 0. The number of nitrogens with zero attached hydrogens (tertiary/aromatic N) is 1. The Morgan fingerprint density at radius 1 is 1.29 bits per heavy atom. The van der Waals surface area contributed by atoms with E-state index >= 15 is 0 Å². The lowest BCUT2D eigenvalue weighted by Crippen LogP contribution is -2.40. The molecule has 1 aliphatic carbocycles. The van der Waals surface area contributed by atoms with E-state index in [-0.39, 0.29) is 6.09 Å². The third-order valence-electron chi connectivity index (χ3n) is 5.32. The van der Waals surface area contributed by atoms with Crippen molar-refractivity contribution in [2.24, 2.45) is 11.7 Å². The summed E-state index contributed by atoms with van der Waals surface area (Å²) in [6.07, 6.45) is 11.5. The topological polar surface area (TPSA) is 55.6 Å². The van der Waals surface area contributed by atoms with E-state index in [2.05, 4.69) is 39.0 Å². The van der Waals surface area contributed by atoms with Crippen molar-refractivity contribution in [1.29, 1.82) is 0 Å². The van der Waals surface area contributed by atoms with Gasteiger partial charge in [-0.2, -0.15) is 0 Å². The van der Waals surface area contributed by atoms with E-state index in [9.17, 15) is 4.79 Å². The van der Waals surface area contributed by atoms with Crippen LogP contribution in [0.4, 0.5) is 4.79 Å². The molecule has 2 N–H and O–H groups in total. The van der Waals surface area contributed by atoms with Gasteiger partial charge in [0, 0.05) is 18.8 Å². The molecular weight excluding hydrogens is 348 g/mol. The van der Waals surface area contributed by atoms with Gasteiger partial charge in [-0.25, -0.2) is 4.79 Å². The Kier molecular flexibility index (Phi) is 7.56. The molecule has 0 saturated heterocycles. The molecule has 0 saturated carbocycles. The Labute approximate surface area is 171 Å². The maximum Gasteiger partial charge on any atom is 0.410 e. The highest BCUT2D eigenvalue weighted by atomic mass is 16.6. The predicted molar refractivity (Wildman–Crippen MR) is 117 cm³/mol. The Morgan fingerprint density at radius 3 is 2.68 bits per heavy atom. The van der Waals surface area contributed by atoms with Gasteiger partial charge in [0.1, 0.15) is 5.60 Å². The van der Waals surface area contributed by atoms with Gasteiger partial charge in [0.15, 0.2) is 0 Å². The molecule has 2 aliphatic rings. The minimum Gasteiger partial charge on any atom is -0.444 e. The quantitative estimate of drug-likeness (QED) is 0.617. The van der Waals surface area contributed by atoms with Crippen molar-refractivity contribution in [2.75, 3.05) is 13.1 Å². The van der Waals surface area contributed by atoms with E-state index in [1.165, 1.54) is 22.3 Å². The first kappa shape index (κ1) is 22.3. The number of carbonyl (C=O) groups excluding carboxylic acids is 1. The number of hydrogen-bond donors (Lipinski definition) is 1. The van der Waals surface area contributed by atoms with E-state index in [0.717, 1.165) is 50.9 Å². The lowest BCUT2D eigenvalue weighted by molar-refractivity contribution is 0.0229. The monoisotopic (exact) mass is 386 g/mol. The Hall–Kier alpha value is -1.97. The normalized spacial score (nSPS) is 23.7. The number of rotatable bonds is 3. The summed E-state index contributed by atoms with van der Waals surface area (Å²) in [6.45, 7) is 13.8. The van der Waals surface area contributed by atoms with Crippen LogP contribution in [0.2, 0.25) is 0 Å². The van der Waals surface area contributed by atoms with Gasteiger partial charge >= 0.3 is 6.09 Å². The molecule has 0 spiro atoms. The highest BCUT2D eigenvalue weighted by Crippen LogP contribution is 2.29. The van der Waals surface area contributed by atoms with Crippen LogP contribution >= 0.6 is 0 Å². The molecule has 1 aliphatic heterocycles. The van der Waals surface area contributed by atoms with Crippen molar-refractivity contribution >= 4 is 6.09 Å². The number of hydrogen-bond acceptors (Lipinski definition) is 3. The highest BCUT2D eigenvalue weighted by Gasteiger charge is 2.24. The molecule has 1 unspecified atom stereocenters. The number of ether oxygens (including phenoxy) is 1. The second-order valence-corrected chi connectivity index (χ2v) is 9.33. The maximum atomic E-state index is 12.4. The fraction of sp³-hybridized carbons (Fsp3) is 0.625. The summed E-state index contributed by atoms with van der Waals surface area (Å²) < 4.78 is 5.56. The molecule has 4 heteroatoms.